The molecule has 0 saturated carbocycles. The van der Waals surface area contributed by atoms with Crippen molar-refractivity contribution in [1.29, 1.82) is 0 Å². The van der Waals surface area contributed by atoms with E-state index in [1.165, 1.54) is 12.8 Å². The second-order valence-corrected chi connectivity index (χ2v) is 5.89. The molecular formula is C13H20BrN5O. The number of likely N-dealkylation sites (tertiary alicyclic amines) is 1. The fourth-order valence-corrected chi connectivity index (χ4v) is 2.65. The van der Waals surface area contributed by atoms with Crippen molar-refractivity contribution in [2.24, 2.45) is 5.84 Å². The summed E-state index contributed by atoms with van der Waals surface area (Å²) in [5.41, 5.74) is 2.94. The Labute approximate surface area is 127 Å². The molecule has 1 aliphatic heterocycles. The van der Waals surface area contributed by atoms with Gasteiger partial charge in [0.25, 0.3) is 5.91 Å². The third kappa shape index (κ3) is 3.68. The second kappa shape index (κ2) is 7.01. The summed E-state index contributed by atoms with van der Waals surface area (Å²) >= 11 is 3.33. The highest BCUT2D eigenvalue weighted by molar-refractivity contribution is 9.10. The largest absolute Gasteiger partial charge is 0.340 e. The summed E-state index contributed by atoms with van der Waals surface area (Å²) in [6.07, 6.45) is 4.12. The van der Waals surface area contributed by atoms with Gasteiger partial charge in [-0.3, -0.25) is 4.79 Å². The maximum absolute atomic E-state index is 12.4. The molecule has 1 amide bonds. The lowest BCUT2D eigenvalue weighted by molar-refractivity contribution is 0.0783. The number of hydrazine groups is 1. The van der Waals surface area contributed by atoms with Gasteiger partial charge in [-0.15, -0.1) is 0 Å². The lowest BCUT2D eigenvalue weighted by Gasteiger charge is -2.22. The summed E-state index contributed by atoms with van der Waals surface area (Å²) in [7, 11) is 1.81. The van der Waals surface area contributed by atoms with Gasteiger partial charge in [0, 0.05) is 30.8 Å². The predicted octanol–water partition coefficient (Wildman–Crippen LogP) is 1.30. The van der Waals surface area contributed by atoms with Gasteiger partial charge in [0.1, 0.15) is 0 Å². The highest BCUT2D eigenvalue weighted by Gasteiger charge is 2.18. The van der Waals surface area contributed by atoms with Crippen molar-refractivity contribution in [2.75, 3.05) is 38.7 Å². The Kier molecular flexibility index (Phi) is 5.33. The Morgan fingerprint density at radius 3 is 2.90 bits per heavy atom. The smallest absolute Gasteiger partial charge is 0.257 e. The van der Waals surface area contributed by atoms with E-state index in [9.17, 15) is 4.79 Å². The molecule has 2 rings (SSSR count). The van der Waals surface area contributed by atoms with E-state index in [4.69, 9.17) is 5.84 Å². The Morgan fingerprint density at radius 2 is 2.25 bits per heavy atom. The zero-order valence-electron chi connectivity index (χ0n) is 11.6. The highest BCUT2D eigenvalue weighted by Crippen LogP contribution is 2.18. The number of hydrogen-bond donors (Lipinski definition) is 2. The molecule has 110 valence electrons. The van der Waals surface area contributed by atoms with E-state index in [0.29, 0.717) is 17.9 Å². The van der Waals surface area contributed by atoms with Gasteiger partial charge in [0.2, 0.25) is 0 Å². The molecule has 0 spiro atoms. The number of nitrogen functional groups attached to an aromatic ring is 1. The average Bonchev–Trinajstić information content (AvgIpc) is 2.97. The molecule has 20 heavy (non-hydrogen) atoms. The minimum Gasteiger partial charge on any atom is -0.340 e. The fourth-order valence-electron chi connectivity index (χ4n) is 2.32. The van der Waals surface area contributed by atoms with Gasteiger partial charge < -0.3 is 15.2 Å². The van der Waals surface area contributed by atoms with Crippen LogP contribution in [-0.2, 0) is 0 Å². The van der Waals surface area contributed by atoms with Crippen LogP contribution in [-0.4, -0.2) is 53.9 Å². The standard InChI is InChI=1S/C13H20BrN5O/c1-18(6-7-19-4-2-3-5-19)13(20)11-8-10(14)9-16-12(11)17-15/h8-9H,2-7,15H2,1H3,(H,16,17). The Morgan fingerprint density at radius 1 is 1.55 bits per heavy atom. The zero-order valence-corrected chi connectivity index (χ0v) is 13.2. The Hall–Kier alpha value is -1.18. The highest BCUT2D eigenvalue weighted by atomic mass is 79.9. The lowest BCUT2D eigenvalue weighted by Crippen LogP contribution is -2.35. The number of halogens is 1. The maximum Gasteiger partial charge on any atom is 0.257 e. The third-order valence-electron chi connectivity index (χ3n) is 3.52. The molecule has 0 unspecified atom stereocenters. The molecule has 3 N–H and O–H groups in total. The topological polar surface area (TPSA) is 74.5 Å². The number of nitrogens with zero attached hydrogens (tertiary/aromatic N) is 3. The van der Waals surface area contributed by atoms with Crippen LogP contribution in [0.5, 0.6) is 0 Å². The molecule has 1 aliphatic rings. The van der Waals surface area contributed by atoms with Crippen molar-refractivity contribution in [2.45, 2.75) is 12.8 Å². The molecule has 2 heterocycles. The first kappa shape index (κ1) is 15.2. The SMILES string of the molecule is CN(CCN1CCCC1)C(=O)c1cc(Br)cnc1NN. The first-order valence-electron chi connectivity index (χ1n) is 6.72. The molecule has 0 aliphatic carbocycles. The number of likely N-dealkylation sites (N-methyl/N-ethyl adjacent to an activating group) is 1. The number of hydrogen-bond acceptors (Lipinski definition) is 5. The summed E-state index contributed by atoms with van der Waals surface area (Å²) in [6.45, 7) is 3.89. The number of carbonyl (C=O) groups is 1. The first-order chi connectivity index (χ1) is 9.61. The van der Waals surface area contributed by atoms with Crippen LogP contribution in [0.1, 0.15) is 23.2 Å². The van der Waals surface area contributed by atoms with E-state index in [2.05, 4.69) is 31.2 Å². The van der Waals surface area contributed by atoms with E-state index < -0.39 is 0 Å². The number of pyridine rings is 1. The average molecular weight is 342 g/mol. The van der Waals surface area contributed by atoms with E-state index in [1.54, 1.807) is 24.2 Å². The van der Waals surface area contributed by atoms with E-state index >= 15 is 0 Å². The normalized spacial score (nSPS) is 15.3. The zero-order chi connectivity index (χ0) is 14.5. The van der Waals surface area contributed by atoms with E-state index in [1.807, 2.05) is 0 Å². The van der Waals surface area contributed by atoms with Crippen molar-refractivity contribution in [3.8, 4) is 0 Å². The maximum atomic E-state index is 12.4. The molecule has 0 atom stereocenters. The molecular weight excluding hydrogens is 322 g/mol. The van der Waals surface area contributed by atoms with Crippen molar-refractivity contribution >= 4 is 27.7 Å². The van der Waals surface area contributed by atoms with Crippen molar-refractivity contribution in [3.05, 3.63) is 22.3 Å². The molecule has 1 aromatic heterocycles. The summed E-state index contributed by atoms with van der Waals surface area (Å²) in [6, 6.07) is 1.73. The summed E-state index contributed by atoms with van der Waals surface area (Å²) in [5, 5.41) is 0. The van der Waals surface area contributed by atoms with Crippen LogP contribution < -0.4 is 11.3 Å². The first-order valence-corrected chi connectivity index (χ1v) is 7.51. The Bertz CT molecular complexity index is 476. The van der Waals surface area contributed by atoms with Crippen molar-refractivity contribution in [1.82, 2.24) is 14.8 Å². The van der Waals surface area contributed by atoms with E-state index in [0.717, 1.165) is 24.1 Å². The van der Waals surface area contributed by atoms with Gasteiger partial charge in [0.15, 0.2) is 5.82 Å². The summed E-state index contributed by atoms with van der Waals surface area (Å²) in [4.78, 5) is 20.6. The summed E-state index contributed by atoms with van der Waals surface area (Å²) < 4.78 is 0.757. The Balaban J connectivity index is 2.00. The monoisotopic (exact) mass is 341 g/mol. The third-order valence-corrected chi connectivity index (χ3v) is 3.95. The number of nitrogens with one attached hydrogen (secondary N) is 1. The molecule has 1 saturated heterocycles. The van der Waals surface area contributed by atoms with Gasteiger partial charge in [-0.05, 0) is 47.9 Å². The van der Waals surface area contributed by atoms with Gasteiger partial charge >= 0.3 is 0 Å². The molecule has 7 heteroatoms. The number of rotatable bonds is 5. The quantitative estimate of drug-likeness (QED) is 0.623. The molecule has 0 bridgehead atoms. The minimum atomic E-state index is -0.0778. The minimum absolute atomic E-state index is 0.0778. The number of anilines is 1. The summed E-state index contributed by atoms with van der Waals surface area (Å²) in [5.74, 6) is 5.72. The molecule has 6 nitrogen and oxygen atoms in total. The van der Waals surface area contributed by atoms with Crippen LogP contribution >= 0.6 is 15.9 Å². The van der Waals surface area contributed by atoms with Crippen LogP contribution in [0.3, 0.4) is 0 Å². The van der Waals surface area contributed by atoms with Crippen LogP contribution in [0.25, 0.3) is 0 Å². The number of carbonyl (C=O) groups excluding carboxylic acids is 1. The molecule has 1 aromatic rings. The molecule has 1 fully saturated rings. The van der Waals surface area contributed by atoms with E-state index in [-0.39, 0.29) is 5.91 Å². The molecule has 0 aromatic carbocycles. The molecule has 0 radical (unpaired) electrons. The van der Waals surface area contributed by atoms with Gasteiger partial charge in [-0.25, -0.2) is 10.8 Å². The number of nitrogens with two attached hydrogens (primary N) is 1. The van der Waals surface area contributed by atoms with Crippen LogP contribution in [0, 0.1) is 0 Å². The van der Waals surface area contributed by atoms with Crippen molar-refractivity contribution in [3.63, 3.8) is 0 Å². The van der Waals surface area contributed by atoms with Gasteiger partial charge in [-0.1, -0.05) is 0 Å². The lowest BCUT2D eigenvalue weighted by atomic mass is 10.2. The fraction of sp³-hybridized carbons (Fsp3) is 0.538. The van der Waals surface area contributed by atoms with Crippen LogP contribution in [0.4, 0.5) is 5.82 Å². The second-order valence-electron chi connectivity index (χ2n) is 4.97. The van der Waals surface area contributed by atoms with Gasteiger partial charge in [-0.2, -0.15) is 0 Å². The predicted molar refractivity (Wildman–Crippen MR) is 82.4 cm³/mol. The number of aromatic nitrogens is 1. The van der Waals surface area contributed by atoms with Crippen LogP contribution in [0.15, 0.2) is 16.7 Å². The number of amides is 1. The van der Waals surface area contributed by atoms with Crippen LogP contribution in [0.2, 0.25) is 0 Å². The van der Waals surface area contributed by atoms with Gasteiger partial charge in [0.05, 0.1) is 5.56 Å². The van der Waals surface area contributed by atoms with Crippen molar-refractivity contribution < 1.29 is 4.79 Å².